The third kappa shape index (κ3) is 3.99. The summed E-state index contributed by atoms with van der Waals surface area (Å²) in [5.41, 5.74) is 4.54. The van der Waals surface area contributed by atoms with Crippen LogP contribution >= 0.6 is 11.8 Å². The predicted molar refractivity (Wildman–Crippen MR) is 111 cm³/mol. The van der Waals surface area contributed by atoms with E-state index in [0.29, 0.717) is 4.90 Å². The molecule has 0 aromatic heterocycles. The van der Waals surface area contributed by atoms with Crippen LogP contribution in [-0.2, 0) is 16.3 Å². The van der Waals surface area contributed by atoms with Crippen LogP contribution in [0.25, 0.3) is 0 Å². The van der Waals surface area contributed by atoms with Crippen molar-refractivity contribution in [2.45, 2.75) is 28.0 Å². The Labute approximate surface area is 164 Å². The summed E-state index contributed by atoms with van der Waals surface area (Å²) in [6.07, 6.45) is 2.54. The van der Waals surface area contributed by atoms with Gasteiger partial charge in [0.05, 0.1) is 4.90 Å². The van der Waals surface area contributed by atoms with Crippen molar-refractivity contribution in [2.24, 2.45) is 4.99 Å². The Kier molecular flexibility index (Phi) is 4.89. The van der Waals surface area contributed by atoms with Gasteiger partial charge in [-0.15, -0.1) is 0 Å². The average Bonchev–Trinajstić information content (AvgIpc) is 2.66. The van der Waals surface area contributed by atoms with E-state index in [9.17, 15) is 8.42 Å². The first kappa shape index (κ1) is 18.0. The zero-order valence-electron chi connectivity index (χ0n) is 14.9. The van der Waals surface area contributed by atoms with Gasteiger partial charge in [-0.3, -0.25) is 4.99 Å². The Balaban J connectivity index is 1.50. The lowest BCUT2D eigenvalue weighted by Crippen LogP contribution is -2.05. The van der Waals surface area contributed by atoms with Crippen LogP contribution in [0.1, 0.15) is 22.3 Å². The number of nitrogens with zero attached hydrogens (tertiary/aromatic N) is 1. The van der Waals surface area contributed by atoms with Crippen LogP contribution < -0.4 is 0 Å². The van der Waals surface area contributed by atoms with Gasteiger partial charge in [-0.05, 0) is 60.4 Å². The maximum absolute atomic E-state index is 12.4. The Morgan fingerprint density at radius 3 is 2.52 bits per heavy atom. The molecule has 0 amide bonds. The Morgan fingerprint density at radius 1 is 0.963 bits per heavy atom. The predicted octanol–water partition coefficient (Wildman–Crippen LogP) is 4.90. The van der Waals surface area contributed by atoms with Gasteiger partial charge in [-0.2, -0.15) is 0 Å². The van der Waals surface area contributed by atoms with Gasteiger partial charge in [0.2, 0.25) is 0 Å². The van der Waals surface area contributed by atoms with Crippen molar-refractivity contribution in [3.8, 4) is 0 Å². The third-order valence-electron chi connectivity index (χ3n) is 4.52. The summed E-state index contributed by atoms with van der Waals surface area (Å²) in [5, 5.41) is 0. The van der Waals surface area contributed by atoms with Crippen molar-refractivity contribution in [1.82, 2.24) is 0 Å². The van der Waals surface area contributed by atoms with Gasteiger partial charge < -0.3 is 0 Å². The highest BCUT2D eigenvalue weighted by molar-refractivity contribution is 7.99. The largest absolute Gasteiger partial charge is 0.276 e. The van der Waals surface area contributed by atoms with E-state index in [-0.39, 0.29) is 5.88 Å². The van der Waals surface area contributed by atoms with Crippen LogP contribution in [0.5, 0.6) is 0 Å². The molecule has 4 rings (SSSR count). The molecular weight excluding hydrogens is 374 g/mol. The molecular formula is C22H19NO2S2. The first-order chi connectivity index (χ1) is 13.0. The monoisotopic (exact) mass is 393 g/mol. The van der Waals surface area contributed by atoms with Crippen LogP contribution in [-0.4, -0.2) is 20.5 Å². The molecule has 136 valence electrons. The van der Waals surface area contributed by atoms with E-state index in [1.165, 1.54) is 20.9 Å². The molecule has 0 unspecified atom stereocenters. The van der Waals surface area contributed by atoms with E-state index in [1.807, 2.05) is 13.0 Å². The summed E-state index contributed by atoms with van der Waals surface area (Å²) in [6.45, 7) is 1.93. The number of fused-ring (bicyclic) bond motifs is 2. The number of aliphatic imine (C=N–C) groups is 1. The number of rotatable bonds is 4. The zero-order chi connectivity index (χ0) is 18.9. The number of benzene rings is 3. The van der Waals surface area contributed by atoms with Crippen LogP contribution in [0.4, 0.5) is 0 Å². The molecule has 1 aliphatic heterocycles. The SMILES string of the molecule is Cc1ccc(S(=O)(=O)CN=Cc2ccc3c(c2)Cc2ccccc2S3)cc1. The summed E-state index contributed by atoms with van der Waals surface area (Å²) >= 11 is 1.78. The van der Waals surface area contributed by atoms with Crippen LogP contribution in [0.3, 0.4) is 0 Å². The Hall–Kier alpha value is -2.37. The molecule has 1 aliphatic rings. The first-order valence-electron chi connectivity index (χ1n) is 8.69. The fourth-order valence-corrected chi connectivity index (χ4v) is 5.08. The van der Waals surface area contributed by atoms with Gasteiger partial charge in [-0.1, -0.05) is 53.7 Å². The molecule has 0 radical (unpaired) electrons. The minimum Gasteiger partial charge on any atom is -0.276 e. The molecule has 3 aromatic carbocycles. The van der Waals surface area contributed by atoms with Crippen LogP contribution in [0.2, 0.25) is 0 Å². The second-order valence-corrected chi connectivity index (χ2v) is 9.67. The minimum absolute atomic E-state index is 0.245. The second-order valence-electron chi connectivity index (χ2n) is 6.62. The Bertz CT molecular complexity index is 1120. The number of aryl methyl sites for hydroxylation is 1. The summed E-state index contributed by atoms with van der Waals surface area (Å²) in [4.78, 5) is 7.04. The van der Waals surface area contributed by atoms with E-state index in [2.05, 4.69) is 41.4 Å². The normalized spacial score (nSPS) is 13.4. The van der Waals surface area contributed by atoms with Gasteiger partial charge in [-0.25, -0.2) is 8.42 Å². The van der Waals surface area contributed by atoms with Gasteiger partial charge in [0.25, 0.3) is 0 Å². The van der Waals surface area contributed by atoms with Crippen molar-refractivity contribution in [3.63, 3.8) is 0 Å². The quantitative estimate of drug-likeness (QED) is 0.463. The topological polar surface area (TPSA) is 46.5 Å². The lowest BCUT2D eigenvalue weighted by Gasteiger charge is -2.18. The number of sulfone groups is 1. The number of hydrogen-bond acceptors (Lipinski definition) is 4. The van der Waals surface area contributed by atoms with Crippen LogP contribution in [0, 0.1) is 6.92 Å². The third-order valence-corrected chi connectivity index (χ3v) is 7.24. The molecule has 3 aromatic rings. The van der Waals surface area contributed by atoms with Crippen molar-refractivity contribution in [2.75, 3.05) is 5.88 Å². The highest BCUT2D eigenvalue weighted by Crippen LogP contribution is 2.39. The van der Waals surface area contributed by atoms with E-state index >= 15 is 0 Å². The molecule has 0 N–H and O–H groups in total. The molecule has 27 heavy (non-hydrogen) atoms. The molecule has 5 heteroatoms. The van der Waals surface area contributed by atoms with Gasteiger partial charge in [0.1, 0.15) is 5.88 Å². The zero-order valence-corrected chi connectivity index (χ0v) is 16.6. The molecule has 0 spiro atoms. The average molecular weight is 394 g/mol. The highest BCUT2D eigenvalue weighted by Gasteiger charge is 2.16. The van der Waals surface area contributed by atoms with Crippen molar-refractivity contribution < 1.29 is 8.42 Å². The number of hydrogen-bond donors (Lipinski definition) is 0. The molecule has 1 heterocycles. The fourth-order valence-electron chi connectivity index (χ4n) is 3.05. The maximum atomic E-state index is 12.4. The minimum atomic E-state index is -3.41. The first-order valence-corrected chi connectivity index (χ1v) is 11.2. The van der Waals surface area contributed by atoms with Gasteiger partial charge in [0.15, 0.2) is 9.84 Å². The second kappa shape index (κ2) is 7.33. The van der Waals surface area contributed by atoms with E-state index in [1.54, 1.807) is 42.2 Å². The molecule has 0 fully saturated rings. The summed E-state index contributed by atoms with van der Waals surface area (Å²) in [6, 6.07) is 21.5. The van der Waals surface area contributed by atoms with E-state index in [4.69, 9.17) is 0 Å². The van der Waals surface area contributed by atoms with Crippen molar-refractivity contribution >= 4 is 27.8 Å². The molecule has 0 aliphatic carbocycles. The standard InChI is InChI=1S/C22H19NO2S2/c1-16-6-9-20(10-7-16)27(24,25)15-23-14-17-8-11-22-19(12-17)13-18-4-2-3-5-21(18)26-22/h2-12,14H,13,15H2,1H3. The van der Waals surface area contributed by atoms with Crippen molar-refractivity contribution in [3.05, 3.63) is 89.0 Å². The smallest absolute Gasteiger partial charge is 0.198 e. The lowest BCUT2D eigenvalue weighted by molar-refractivity contribution is 0.596. The Morgan fingerprint density at radius 2 is 1.70 bits per heavy atom. The van der Waals surface area contributed by atoms with Crippen molar-refractivity contribution in [1.29, 1.82) is 0 Å². The molecule has 0 bridgehead atoms. The fraction of sp³-hybridized carbons (Fsp3) is 0.136. The lowest BCUT2D eigenvalue weighted by atomic mass is 10.0. The summed E-state index contributed by atoms with van der Waals surface area (Å²) in [5.74, 6) is -0.245. The van der Waals surface area contributed by atoms with Crippen LogP contribution in [0.15, 0.2) is 86.4 Å². The highest BCUT2D eigenvalue weighted by atomic mass is 32.2. The molecule has 0 saturated carbocycles. The van der Waals surface area contributed by atoms with E-state index < -0.39 is 9.84 Å². The summed E-state index contributed by atoms with van der Waals surface area (Å²) in [7, 11) is -3.41. The molecule has 0 atom stereocenters. The maximum Gasteiger partial charge on any atom is 0.198 e. The van der Waals surface area contributed by atoms with Gasteiger partial charge >= 0.3 is 0 Å². The van der Waals surface area contributed by atoms with Gasteiger partial charge in [0, 0.05) is 16.0 Å². The molecule has 0 saturated heterocycles. The van der Waals surface area contributed by atoms with E-state index in [0.717, 1.165) is 17.5 Å². The molecule has 3 nitrogen and oxygen atoms in total. The summed E-state index contributed by atoms with van der Waals surface area (Å²) < 4.78 is 24.8.